The predicted molar refractivity (Wildman–Crippen MR) is 95.1 cm³/mol. The molecule has 24 heavy (non-hydrogen) atoms. The molecule has 0 fully saturated rings. The second-order valence-electron chi connectivity index (χ2n) is 7.26. The molecular weight excluding hydrogens is 328 g/mol. The van der Waals surface area contributed by atoms with E-state index in [0.717, 1.165) is 16.2 Å². The van der Waals surface area contributed by atoms with Crippen LogP contribution in [-0.4, -0.2) is 32.0 Å². The number of aromatic nitrogens is 2. The van der Waals surface area contributed by atoms with E-state index in [0.29, 0.717) is 23.3 Å². The first-order valence-electron chi connectivity index (χ1n) is 7.60. The van der Waals surface area contributed by atoms with Gasteiger partial charge in [0.2, 0.25) is 0 Å². The summed E-state index contributed by atoms with van der Waals surface area (Å²) < 4.78 is 0. The van der Waals surface area contributed by atoms with E-state index in [1.807, 2.05) is 39.8 Å². The molecule has 2 heterocycles. The molecule has 0 saturated carbocycles. The smallest absolute Gasteiger partial charge is 0.250 e. The van der Waals surface area contributed by atoms with Gasteiger partial charge < -0.3 is 10.7 Å². The van der Waals surface area contributed by atoms with Gasteiger partial charge in [0.25, 0.3) is 5.91 Å². The van der Waals surface area contributed by atoms with Crippen LogP contribution in [0.3, 0.4) is 0 Å². The fraction of sp³-hybridized carbons (Fsp3) is 0.412. The highest BCUT2D eigenvalue weighted by atomic mass is 35.5. The Morgan fingerprint density at radius 1 is 1.29 bits per heavy atom. The van der Waals surface area contributed by atoms with Gasteiger partial charge in [-0.05, 0) is 51.8 Å². The molecule has 0 spiro atoms. The summed E-state index contributed by atoms with van der Waals surface area (Å²) in [6.07, 6.45) is 2.51. The van der Waals surface area contributed by atoms with Crippen LogP contribution in [0.15, 0.2) is 24.3 Å². The van der Waals surface area contributed by atoms with E-state index < -0.39 is 17.0 Å². The minimum atomic E-state index is -0.622. The summed E-state index contributed by atoms with van der Waals surface area (Å²) in [4.78, 5) is 19.4. The summed E-state index contributed by atoms with van der Waals surface area (Å²) >= 11 is 0. The number of nitrogens with two attached hydrogens (primary N) is 1. The van der Waals surface area contributed by atoms with Crippen molar-refractivity contribution in [3.8, 4) is 0 Å². The molecular formula is C17H22ClN4O2. The average molecular weight is 350 g/mol. The lowest BCUT2D eigenvalue weighted by molar-refractivity contribution is -0.260. The van der Waals surface area contributed by atoms with E-state index in [9.17, 15) is 10.0 Å². The van der Waals surface area contributed by atoms with Crippen LogP contribution in [0.1, 0.15) is 50.3 Å². The number of fused-ring (bicyclic) bond motifs is 1. The van der Waals surface area contributed by atoms with Gasteiger partial charge in [0.15, 0.2) is 0 Å². The van der Waals surface area contributed by atoms with E-state index in [1.165, 1.54) is 0 Å². The topological polar surface area (TPSA) is 94.9 Å². The fourth-order valence-electron chi connectivity index (χ4n) is 3.39. The van der Waals surface area contributed by atoms with E-state index in [-0.39, 0.29) is 12.4 Å². The Morgan fingerprint density at radius 3 is 2.54 bits per heavy atom. The monoisotopic (exact) mass is 349 g/mol. The Hall–Kier alpha value is -1.89. The molecule has 1 amide bonds. The molecule has 0 unspecified atom stereocenters. The maximum atomic E-state index is 12.4. The third-order valence-corrected chi connectivity index (χ3v) is 4.31. The minimum absolute atomic E-state index is 0. The lowest BCUT2D eigenvalue weighted by Gasteiger charge is -2.45. The number of rotatable bonds is 2. The van der Waals surface area contributed by atoms with Gasteiger partial charge in [-0.1, -0.05) is 12.1 Å². The summed E-state index contributed by atoms with van der Waals surface area (Å²) in [5.41, 5.74) is 6.96. The van der Waals surface area contributed by atoms with E-state index in [1.54, 1.807) is 12.1 Å². The van der Waals surface area contributed by atoms with Gasteiger partial charge in [0.1, 0.15) is 11.3 Å². The fourth-order valence-corrected chi connectivity index (χ4v) is 3.39. The highest BCUT2D eigenvalue weighted by molar-refractivity contribution is 6.04. The van der Waals surface area contributed by atoms with Crippen LogP contribution in [0.4, 0.5) is 0 Å². The summed E-state index contributed by atoms with van der Waals surface area (Å²) in [6.45, 7) is 7.62. The number of hydroxylamine groups is 2. The highest BCUT2D eigenvalue weighted by Gasteiger charge is 2.42. The van der Waals surface area contributed by atoms with Crippen molar-refractivity contribution in [3.05, 3.63) is 35.7 Å². The number of carbonyl (C=O) groups is 1. The Labute approximate surface area is 147 Å². The first kappa shape index (κ1) is 18.4. The minimum Gasteiger partial charge on any atom is -0.366 e. The summed E-state index contributed by atoms with van der Waals surface area (Å²) in [5.74, 6) is 0.181. The van der Waals surface area contributed by atoms with Gasteiger partial charge in [-0.3, -0.25) is 4.79 Å². The molecule has 3 rings (SSSR count). The zero-order valence-corrected chi connectivity index (χ0v) is 15.0. The molecule has 1 aromatic carbocycles. The number of amides is 1. The predicted octanol–water partition coefficient (Wildman–Crippen LogP) is 3.08. The lowest BCUT2D eigenvalue weighted by atomic mass is 9.82. The molecule has 129 valence electrons. The molecule has 1 aliphatic heterocycles. The first-order chi connectivity index (χ1) is 10.6. The van der Waals surface area contributed by atoms with Crippen molar-refractivity contribution in [2.75, 3.05) is 0 Å². The van der Waals surface area contributed by atoms with Crippen LogP contribution < -0.4 is 5.73 Å². The highest BCUT2D eigenvalue weighted by Crippen LogP contribution is 2.39. The largest absolute Gasteiger partial charge is 0.366 e. The third-order valence-electron chi connectivity index (χ3n) is 4.31. The van der Waals surface area contributed by atoms with Crippen LogP contribution in [0.2, 0.25) is 0 Å². The van der Waals surface area contributed by atoms with Crippen LogP contribution in [0, 0.1) is 0 Å². The Balaban J connectivity index is 0.00000208. The molecule has 0 bridgehead atoms. The number of benzene rings is 1. The molecule has 1 aromatic heterocycles. The normalized spacial score (nSPS) is 19.6. The second kappa shape index (κ2) is 5.88. The van der Waals surface area contributed by atoms with Crippen molar-refractivity contribution in [1.82, 2.24) is 15.0 Å². The molecule has 0 atom stereocenters. The summed E-state index contributed by atoms with van der Waals surface area (Å²) in [6, 6.07) is 5.29. The van der Waals surface area contributed by atoms with Gasteiger partial charge in [-0.25, -0.2) is 4.98 Å². The molecule has 6 nitrogen and oxygen atoms in total. The van der Waals surface area contributed by atoms with Gasteiger partial charge in [0.05, 0.1) is 16.6 Å². The molecule has 0 aliphatic carbocycles. The number of hydrogen-bond acceptors (Lipinski definition) is 3. The number of imidazole rings is 1. The number of hydrogen-bond donors (Lipinski definition) is 2. The number of nitrogens with zero attached hydrogens (tertiary/aromatic N) is 2. The maximum Gasteiger partial charge on any atom is 0.250 e. The van der Waals surface area contributed by atoms with Crippen LogP contribution in [-0.2, 0) is 5.21 Å². The zero-order valence-electron chi connectivity index (χ0n) is 14.2. The van der Waals surface area contributed by atoms with Crippen LogP contribution in [0.5, 0.6) is 0 Å². The first-order valence-corrected chi connectivity index (χ1v) is 7.60. The van der Waals surface area contributed by atoms with Gasteiger partial charge in [0, 0.05) is 5.54 Å². The number of halogens is 1. The van der Waals surface area contributed by atoms with Crippen molar-refractivity contribution in [3.63, 3.8) is 0 Å². The van der Waals surface area contributed by atoms with Gasteiger partial charge >= 0.3 is 0 Å². The van der Waals surface area contributed by atoms with E-state index in [4.69, 9.17) is 5.73 Å². The lowest BCUT2D eigenvalue weighted by Crippen LogP contribution is -2.54. The van der Waals surface area contributed by atoms with Gasteiger partial charge in [-0.15, -0.1) is 22.7 Å². The summed E-state index contributed by atoms with van der Waals surface area (Å²) in [7, 11) is 0. The van der Waals surface area contributed by atoms with Crippen molar-refractivity contribution in [1.29, 1.82) is 0 Å². The van der Waals surface area contributed by atoms with E-state index in [2.05, 4.69) is 9.97 Å². The SMILES string of the molecule is CC1(C)C=C(c2nc3c(C(N)=O)cccc3[nH]2)CC(C)(C)N1[O].Cl. The standard InChI is InChI=1S/C17H21N4O2.ClH/c1-16(2)8-10(9-17(3,4)21(16)23)15-19-12-7-5-6-11(14(18)22)13(12)20-15;/h5-8H,9H2,1-4H3,(H2,18,22)(H,19,20);1H. The van der Waals surface area contributed by atoms with Gasteiger partial charge in [-0.2, -0.15) is 0 Å². The third kappa shape index (κ3) is 2.92. The Morgan fingerprint density at radius 2 is 1.96 bits per heavy atom. The Bertz CT molecular complexity index is 823. The van der Waals surface area contributed by atoms with E-state index >= 15 is 0 Å². The molecule has 7 heteroatoms. The van der Waals surface area contributed by atoms with Crippen molar-refractivity contribution >= 4 is 34.9 Å². The van der Waals surface area contributed by atoms with Crippen LogP contribution >= 0.6 is 12.4 Å². The van der Waals surface area contributed by atoms with Crippen molar-refractivity contribution in [2.45, 2.75) is 45.2 Å². The maximum absolute atomic E-state index is 12.4. The quantitative estimate of drug-likeness (QED) is 0.872. The van der Waals surface area contributed by atoms with Crippen LogP contribution in [0.25, 0.3) is 16.6 Å². The number of H-pyrrole nitrogens is 1. The number of carbonyl (C=O) groups excluding carboxylic acids is 1. The molecule has 1 aliphatic rings. The van der Waals surface area contributed by atoms with Crippen molar-refractivity contribution in [2.24, 2.45) is 5.73 Å². The number of primary amides is 1. The zero-order chi connectivity index (χ0) is 17.0. The molecule has 3 N–H and O–H groups in total. The number of nitrogens with one attached hydrogen (secondary N) is 1. The summed E-state index contributed by atoms with van der Waals surface area (Å²) in [5, 5.41) is 13.6. The molecule has 2 aromatic rings. The molecule has 0 saturated heterocycles. The Kier molecular flexibility index (Phi) is 4.52. The van der Waals surface area contributed by atoms with Crippen molar-refractivity contribution < 1.29 is 10.0 Å². The average Bonchev–Trinajstić information content (AvgIpc) is 2.87. The number of aromatic amines is 1. The molecule has 1 radical (unpaired) electrons. The second-order valence-corrected chi connectivity index (χ2v) is 7.26. The number of para-hydroxylation sites is 1.